The Morgan fingerprint density at radius 3 is 2.47 bits per heavy atom. The van der Waals surface area contributed by atoms with Gasteiger partial charge in [-0.1, -0.05) is 30.3 Å². The van der Waals surface area contributed by atoms with Crippen LogP contribution in [0.1, 0.15) is 42.1 Å². The zero-order valence-corrected chi connectivity index (χ0v) is 20.9. The minimum absolute atomic E-state index is 0.0396. The molecule has 2 N–H and O–H groups in total. The zero-order chi connectivity index (χ0) is 24.5. The van der Waals surface area contributed by atoms with Gasteiger partial charge in [0, 0.05) is 19.1 Å². The number of likely N-dealkylation sites (tertiary alicyclic amines) is 2. The van der Waals surface area contributed by atoms with Crippen molar-refractivity contribution in [2.75, 3.05) is 45.9 Å². The second kappa shape index (κ2) is 10.4. The van der Waals surface area contributed by atoms with E-state index in [1.165, 1.54) is 24.0 Å². The molecule has 6 rings (SSSR count). The van der Waals surface area contributed by atoms with E-state index in [9.17, 15) is 9.90 Å². The van der Waals surface area contributed by atoms with Crippen LogP contribution in [0.2, 0.25) is 0 Å². The van der Waals surface area contributed by atoms with Gasteiger partial charge in [0.25, 0.3) is 0 Å². The van der Waals surface area contributed by atoms with E-state index in [4.69, 9.17) is 9.47 Å². The predicted octanol–water partition coefficient (Wildman–Crippen LogP) is 2.56. The first-order chi connectivity index (χ1) is 17.6. The molecule has 7 nitrogen and oxygen atoms in total. The van der Waals surface area contributed by atoms with Gasteiger partial charge in [0.15, 0.2) is 11.5 Å². The average molecular weight is 492 g/mol. The summed E-state index contributed by atoms with van der Waals surface area (Å²) >= 11 is 0. The molecule has 3 atom stereocenters. The van der Waals surface area contributed by atoms with Gasteiger partial charge in [-0.15, -0.1) is 0 Å². The van der Waals surface area contributed by atoms with E-state index in [-0.39, 0.29) is 17.9 Å². The molecule has 0 radical (unpaired) electrons. The number of amides is 1. The van der Waals surface area contributed by atoms with Crippen molar-refractivity contribution in [3.8, 4) is 11.5 Å². The smallest absolute Gasteiger partial charge is 0.224 e. The van der Waals surface area contributed by atoms with Gasteiger partial charge in [-0.05, 0) is 80.6 Å². The number of carbonyl (C=O) groups is 1. The molecule has 2 aromatic carbocycles. The van der Waals surface area contributed by atoms with Crippen LogP contribution in [-0.4, -0.2) is 78.8 Å². The number of nitrogens with one attached hydrogen (secondary N) is 1. The van der Waals surface area contributed by atoms with Crippen molar-refractivity contribution in [1.82, 2.24) is 15.1 Å². The summed E-state index contributed by atoms with van der Waals surface area (Å²) in [6.07, 6.45) is 4.54. The Morgan fingerprint density at radius 2 is 1.72 bits per heavy atom. The van der Waals surface area contributed by atoms with Gasteiger partial charge in [0.1, 0.15) is 19.3 Å². The van der Waals surface area contributed by atoms with Crippen LogP contribution in [0.3, 0.4) is 0 Å². The normalized spacial score (nSPS) is 24.0. The van der Waals surface area contributed by atoms with E-state index < -0.39 is 6.10 Å². The van der Waals surface area contributed by atoms with E-state index in [0.717, 1.165) is 51.0 Å². The third-order valence-electron chi connectivity index (χ3n) is 8.41. The lowest BCUT2D eigenvalue weighted by atomic mass is 9.99. The molecule has 192 valence electrons. The molecule has 0 saturated carbocycles. The third kappa shape index (κ3) is 4.97. The van der Waals surface area contributed by atoms with E-state index in [1.807, 2.05) is 18.2 Å². The molecule has 2 unspecified atom stereocenters. The van der Waals surface area contributed by atoms with Crippen molar-refractivity contribution in [3.05, 3.63) is 59.2 Å². The maximum atomic E-state index is 13.5. The lowest BCUT2D eigenvalue weighted by molar-refractivity contribution is -0.126. The Morgan fingerprint density at radius 1 is 1.00 bits per heavy atom. The molecule has 4 aliphatic rings. The van der Waals surface area contributed by atoms with Crippen molar-refractivity contribution in [3.63, 3.8) is 0 Å². The van der Waals surface area contributed by atoms with Gasteiger partial charge in [-0.25, -0.2) is 0 Å². The second-order valence-corrected chi connectivity index (χ2v) is 10.8. The molecular formula is C29H37N3O4. The van der Waals surface area contributed by atoms with Crippen LogP contribution in [0.5, 0.6) is 11.5 Å². The summed E-state index contributed by atoms with van der Waals surface area (Å²) in [5.74, 6) is 1.39. The molecule has 0 bridgehead atoms. The van der Waals surface area contributed by atoms with Crippen molar-refractivity contribution < 1.29 is 19.4 Å². The Balaban J connectivity index is 1.12. The fourth-order valence-electron chi connectivity index (χ4n) is 6.37. The van der Waals surface area contributed by atoms with Crippen LogP contribution in [0.4, 0.5) is 0 Å². The molecule has 2 saturated heterocycles. The maximum absolute atomic E-state index is 13.5. The number of fused-ring (bicyclic) bond motifs is 2. The summed E-state index contributed by atoms with van der Waals surface area (Å²) in [4.78, 5) is 18.3. The fraction of sp³-hybridized carbons (Fsp3) is 0.552. The minimum Gasteiger partial charge on any atom is -0.486 e. The highest BCUT2D eigenvalue weighted by Gasteiger charge is 2.36. The van der Waals surface area contributed by atoms with Gasteiger partial charge >= 0.3 is 0 Å². The molecule has 3 aliphatic heterocycles. The average Bonchev–Trinajstić information content (AvgIpc) is 3.68. The summed E-state index contributed by atoms with van der Waals surface area (Å²) in [6, 6.07) is 14.4. The molecule has 7 heteroatoms. The predicted molar refractivity (Wildman–Crippen MR) is 137 cm³/mol. The molecule has 3 heterocycles. The first kappa shape index (κ1) is 23.8. The first-order valence-electron chi connectivity index (χ1n) is 13.6. The second-order valence-electron chi connectivity index (χ2n) is 10.8. The largest absolute Gasteiger partial charge is 0.486 e. The van der Waals surface area contributed by atoms with Gasteiger partial charge in [0.05, 0.1) is 12.0 Å². The SMILES string of the molecule is O=C(NC(CN1CCCC1)C(O)c1ccc2c(c1)OCCO2)[C@H]1CCN(C2Cc3ccccc3C2)C1. The third-order valence-corrected chi connectivity index (χ3v) is 8.41. The summed E-state index contributed by atoms with van der Waals surface area (Å²) in [5.41, 5.74) is 3.65. The number of nitrogens with zero attached hydrogens (tertiary/aromatic N) is 2. The van der Waals surface area contributed by atoms with Crippen molar-refractivity contribution in [2.24, 2.45) is 5.92 Å². The van der Waals surface area contributed by atoms with Crippen LogP contribution in [0.25, 0.3) is 0 Å². The fourth-order valence-corrected chi connectivity index (χ4v) is 6.37. The maximum Gasteiger partial charge on any atom is 0.224 e. The Labute approximate surface area is 213 Å². The molecule has 0 aromatic heterocycles. The summed E-state index contributed by atoms with van der Waals surface area (Å²) in [7, 11) is 0. The number of aliphatic hydroxyl groups excluding tert-OH is 1. The molecule has 2 aromatic rings. The number of aliphatic hydroxyl groups is 1. The number of carbonyl (C=O) groups excluding carboxylic acids is 1. The summed E-state index contributed by atoms with van der Waals surface area (Å²) < 4.78 is 11.4. The highest BCUT2D eigenvalue weighted by atomic mass is 16.6. The standard InChI is InChI=1S/C29H37N3O4/c33-28(22-7-8-26-27(17-22)36-14-13-35-26)25(19-31-10-3-4-11-31)30-29(34)23-9-12-32(18-23)24-15-20-5-1-2-6-21(20)16-24/h1-2,5-8,17,23-25,28,33H,3-4,9-16,18-19H2,(H,30,34)/t23-,25?,28?/m0/s1. The molecule has 36 heavy (non-hydrogen) atoms. The highest BCUT2D eigenvalue weighted by Crippen LogP contribution is 2.34. The van der Waals surface area contributed by atoms with Gasteiger partial charge in [-0.2, -0.15) is 0 Å². The Bertz CT molecular complexity index is 1060. The molecule has 0 spiro atoms. The number of hydrogen-bond donors (Lipinski definition) is 2. The van der Waals surface area contributed by atoms with Crippen LogP contribution < -0.4 is 14.8 Å². The van der Waals surface area contributed by atoms with Gasteiger partial charge < -0.3 is 24.8 Å². The van der Waals surface area contributed by atoms with Crippen molar-refractivity contribution in [1.29, 1.82) is 0 Å². The number of hydrogen-bond acceptors (Lipinski definition) is 6. The van der Waals surface area contributed by atoms with Crippen molar-refractivity contribution in [2.45, 2.75) is 50.3 Å². The molecule has 2 fully saturated rings. The van der Waals surface area contributed by atoms with Crippen LogP contribution in [0.15, 0.2) is 42.5 Å². The number of ether oxygens (including phenoxy) is 2. The van der Waals surface area contributed by atoms with Crippen LogP contribution >= 0.6 is 0 Å². The zero-order valence-electron chi connectivity index (χ0n) is 20.9. The highest BCUT2D eigenvalue weighted by molar-refractivity contribution is 5.79. The lowest BCUT2D eigenvalue weighted by Gasteiger charge is -2.30. The lowest BCUT2D eigenvalue weighted by Crippen LogP contribution is -2.49. The van der Waals surface area contributed by atoms with Crippen molar-refractivity contribution >= 4 is 5.91 Å². The van der Waals surface area contributed by atoms with E-state index in [2.05, 4.69) is 39.4 Å². The quantitative estimate of drug-likeness (QED) is 0.620. The monoisotopic (exact) mass is 491 g/mol. The van der Waals surface area contributed by atoms with Gasteiger partial charge in [-0.3, -0.25) is 9.69 Å². The van der Waals surface area contributed by atoms with E-state index >= 15 is 0 Å². The number of benzene rings is 2. The minimum atomic E-state index is -0.813. The van der Waals surface area contributed by atoms with Crippen LogP contribution in [-0.2, 0) is 17.6 Å². The Kier molecular flexibility index (Phi) is 6.87. The summed E-state index contributed by atoms with van der Waals surface area (Å²) in [5, 5.41) is 14.7. The molecular weight excluding hydrogens is 454 g/mol. The van der Waals surface area contributed by atoms with Crippen LogP contribution in [0, 0.1) is 5.92 Å². The molecule has 1 amide bonds. The van der Waals surface area contributed by atoms with Gasteiger partial charge in [0.2, 0.25) is 5.91 Å². The molecule has 1 aliphatic carbocycles. The Hall–Kier alpha value is -2.61. The first-order valence-corrected chi connectivity index (χ1v) is 13.6. The topological polar surface area (TPSA) is 74.3 Å². The van der Waals surface area contributed by atoms with E-state index in [0.29, 0.717) is 37.3 Å². The van der Waals surface area contributed by atoms with E-state index in [1.54, 1.807) is 0 Å². The number of rotatable bonds is 7. The summed E-state index contributed by atoms with van der Waals surface area (Å²) in [6.45, 7) is 5.47.